The van der Waals surface area contributed by atoms with Gasteiger partial charge in [-0.05, 0) is 38.5 Å². The minimum atomic E-state index is -1.06. The number of rotatable bonds is 7. The van der Waals surface area contributed by atoms with Gasteiger partial charge in [0.2, 0.25) is 12.1 Å². The molecule has 0 bridgehead atoms. The highest BCUT2D eigenvalue weighted by molar-refractivity contribution is 5.91. The fourth-order valence-electron chi connectivity index (χ4n) is 3.09. The number of hydrogen-bond acceptors (Lipinski definition) is 6. The van der Waals surface area contributed by atoms with Gasteiger partial charge >= 0.3 is 5.97 Å². The molecule has 0 unspecified atom stereocenters. The van der Waals surface area contributed by atoms with Crippen molar-refractivity contribution in [1.82, 2.24) is 0 Å². The van der Waals surface area contributed by atoms with E-state index in [0.717, 1.165) is 5.56 Å². The highest BCUT2D eigenvalue weighted by Crippen LogP contribution is 2.26. The van der Waals surface area contributed by atoms with E-state index >= 15 is 0 Å². The van der Waals surface area contributed by atoms with Crippen molar-refractivity contribution >= 4 is 11.8 Å². The predicted molar refractivity (Wildman–Crippen MR) is 106 cm³/mol. The van der Waals surface area contributed by atoms with Crippen molar-refractivity contribution in [3.8, 4) is 0 Å². The summed E-state index contributed by atoms with van der Waals surface area (Å²) in [4.78, 5) is 25.6. The van der Waals surface area contributed by atoms with Crippen molar-refractivity contribution < 1.29 is 28.5 Å². The van der Waals surface area contributed by atoms with Crippen LogP contribution in [-0.2, 0) is 30.3 Å². The molecular formula is C23H26O6. The molecule has 4 atom stereocenters. The first kappa shape index (κ1) is 21.2. The van der Waals surface area contributed by atoms with E-state index in [1.54, 1.807) is 31.2 Å². The topological polar surface area (TPSA) is 71.1 Å². The first-order chi connectivity index (χ1) is 14.0. The molecule has 0 amide bonds. The fraction of sp³-hybridized carbons (Fsp3) is 0.391. The van der Waals surface area contributed by atoms with Crippen LogP contribution in [0.2, 0.25) is 0 Å². The number of carbonyl (C=O) groups is 2. The highest BCUT2D eigenvalue weighted by atomic mass is 16.7. The first-order valence-corrected chi connectivity index (χ1v) is 9.72. The number of ketones is 1. The van der Waals surface area contributed by atoms with Gasteiger partial charge in [-0.1, -0.05) is 48.5 Å². The van der Waals surface area contributed by atoms with E-state index in [1.165, 1.54) is 0 Å². The molecule has 0 aliphatic carbocycles. The third-order valence-corrected chi connectivity index (χ3v) is 4.53. The molecule has 0 saturated carbocycles. The SMILES string of the molecule is CC(C)O[C@H]1O[C@@H](C)[C@H](OC(=O)c2ccccc2)[C@@H](OCc2ccccc2)C1=O. The smallest absolute Gasteiger partial charge is 0.338 e. The van der Waals surface area contributed by atoms with Gasteiger partial charge < -0.3 is 18.9 Å². The molecule has 1 aliphatic rings. The molecule has 1 aliphatic heterocycles. The Kier molecular flexibility index (Phi) is 7.14. The van der Waals surface area contributed by atoms with Crippen LogP contribution in [0.3, 0.4) is 0 Å². The van der Waals surface area contributed by atoms with Gasteiger partial charge in [-0.2, -0.15) is 0 Å². The first-order valence-electron chi connectivity index (χ1n) is 9.72. The second-order valence-electron chi connectivity index (χ2n) is 7.21. The van der Waals surface area contributed by atoms with Crippen molar-refractivity contribution in [3.63, 3.8) is 0 Å². The van der Waals surface area contributed by atoms with Gasteiger partial charge in [0.05, 0.1) is 24.4 Å². The lowest BCUT2D eigenvalue weighted by molar-refractivity contribution is -0.244. The van der Waals surface area contributed by atoms with Gasteiger partial charge in [-0.3, -0.25) is 4.79 Å². The van der Waals surface area contributed by atoms with Crippen molar-refractivity contribution in [1.29, 1.82) is 0 Å². The molecule has 29 heavy (non-hydrogen) atoms. The van der Waals surface area contributed by atoms with Crippen LogP contribution in [0.25, 0.3) is 0 Å². The molecule has 1 fully saturated rings. The Balaban J connectivity index is 1.78. The molecule has 0 radical (unpaired) electrons. The van der Waals surface area contributed by atoms with E-state index in [0.29, 0.717) is 5.56 Å². The van der Waals surface area contributed by atoms with Gasteiger partial charge in [0.1, 0.15) is 0 Å². The van der Waals surface area contributed by atoms with E-state index in [4.69, 9.17) is 18.9 Å². The quantitative estimate of drug-likeness (QED) is 0.665. The number of hydrogen-bond donors (Lipinski definition) is 0. The summed E-state index contributed by atoms with van der Waals surface area (Å²) in [5, 5.41) is 0. The molecule has 6 heteroatoms. The van der Waals surface area contributed by atoms with Gasteiger partial charge in [0, 0.05) is 0 Å². The van der Waals surface area contributed by atoms with E-state index in [-0.39, 0.29) is 12.7 Å². The van der Waals surface area contributed by atoms with Crippen molar-refractivity contribution in [2.45, 2.75) is 58.1 Å². The average molecular weight is 398 g/mol. The summed E-state index contributed by atoms with van der Waals surface area (Å²) in [7, 11) is 0. The Morgan fingerprint density at radius 1 is 1.03 bits per heavy atom. The molecule has 1 heterocycles. The fourth-order valence-corrected chi connectivity index (χ4v) is 3.09. The monoisotopic (exact) mass is 398 g/mol. The van der Waals surface area contributed by atoms with Gasteiger partial charge in [-0.15, -0.1) is 0 Å². The van der Waals surface area contributed by atoms with Gasteiger partial charge in [0.25, 0.3) is 0 Å². The lowest BCUT2D eigenvalue weighted by Crippen LogP contribution is -2.57. The third-order valence-electron chi connectivity index (χ3n) is 4.53. The summed E-state index contributed by atoms with van der Waals surface area (Å²) in [5.41, 5.74) is 1.31. The van der Waals surface area contributed by atoms with Crippen LogP contribution in [0.4, 0.5) is 0 Å². The lowest BCUT2D eigenvalue weighted by atomic mass is 10.00. The average Bonchev–Trinajstić information content (AvgIpc) is 2.72. The number of carbonyl (C=O) groups excluding carboxylic acids is 2. The number of ether oxygens (including phenoxy) is 4. The van der Waals surface area contributed by atoms with E-state index in [2.05, 4.69) is 0 Å². The molecule has 2 aromatic rings. The van der Waals surface area contributed by atoms with Crippen LogP contribution >= 0.6 is 0 Å². The summed E-state index contributed by atoms with van der Waals surface area (Å²) >= 11 is 0. The largest absolute Gasteiger partial charge is 0.453 e. The third kappa shape index (κ3) is 5.50. The van der Waals surface area contributed by atoms with Crippen LogP contribution in [0.15, 0.2) is 60.7 Å². The molecule has 0 spiro atoms. The second-order valence-corrected chi connectivity index (χ2v) is 7.21. The lowest BCUT2D eigenvalue weighted by Gasteiger charge is -2.38. The van der Waals surface area contributed by atoms with Crippen molar-refractivity contribution in [2.75, 3.05) is 0 Å². The van der Waals surface area contributed by atoms with Crippen LogP contribution in [0, 0.1) is 0 Å². The predicted octanol–water partition coefficient (Wildman–Crippen LogP) is 3.54. The number of esters is 1. The Bertz CT molecular complexity index is 805. The van der Waals surface area contributed by atoms with Crippen molar-refractivity contribution in [2.24, 2.45) is 0 Å². The maximum absolute atomic E-state index is 13.0. The van der Waals surface area contributed by atoms with E-state index in [1.807, 2.05) is 50.2 Å². The molecule has 0 N–H and O–H groups in total. The maximum atomic E-state index is 13.0. The Hall–Kier alpha value is -2.54. The minimum absolute atomic E-state index is 0.200. The van der Waals surface area contributed by atoms with Crippen LogP contribution in [0.5, 0.6) is 0 Å². The number of Topliss-reactive ketones (excluding diaryl/α,β-unsaturated/α-hetero) is 1. The van der Waals surface area contributed by atoms with Gasteiger partial charge in [0.15, 0.2) is 12.2 Å². The molecule has 3 rings (SSSR count). The number of benzene rings is 2. The summed E-state index contributed by atoms with van der Waals surface area (Å²) in [6.45, 7) is 5.59. The summed E-state index contributed by atoms with van der Waals surface area (Å²) < 4.78 is 22.9. The van der Waals surface area contributed by atoms with E-state index in [9.17, 15) is 9.59 Å². The van der Waals surface area contributed by atoms with Crippen molar-refractivity contribution in [3.05, 3.63) is 71.8 Å². The molecular weight excluding hydrogens is 372 g/mol. The Morgan fingerprint density at radius 2 is 1.66 bits per heavy atom. The molecule has 2 aromatic carbocycles. The molecule has 154 valence electrons. The Labute approximate surface area is 170 Å². The normalized spacial score (nSPS) is 24.5. The van der Waals surface area contributed by atoms with Crippen LogP contribution in [-0.4, -0.2) is 42.5 Å². The standard InChI is InChI=1S/C23H26O6/c1-15(2)27-23-19(24)21(26-14-17-10-6-4-7-11-17)20(16(3)28-23)29-22(25)18-12-8-5-9-13-18/h4-13,15-16,20-21,23H,14H2,1-3H3/t16-,20-,21-,23-/m0/s1. The maximum Gasteiger partial charge on any atom is 0.338 e. The zero-order valence-corrected chi connectivity index (χ0v) is 16.8. The zero-order chi connectivity index (χ0) is 20.8. The zero-order valence-electron chi connectivity index (χ0n) is 16.8. The van der Waals surface area contributed by atoms with Crippen LogP contribution in [0.1, 0.15) is 36.7 Å². The Morgan fingerprint density at radius 3 is 2.28 bits per heavy atom. The molecule has 1 saturated heterocycles. The molecule has 6 nitrogen and oxygen atoms in total. The summed E-state index contributed by atoms with van der Waals surface area (Å²) in [6, 6.07) is 18.1. The minimum Gasteiger partial charge on any atom is -0.453 e. The summed E-state index contributed by atoms with van der Waals surface area (Å²) in [6.07, 6.45) is -3.71. The molecule has 0 aromatic heterocycles. The highest BCUT2D eigenvalue weighted by Gasteiger charge is 2.47. The van der Waals surface area contributed by atoms with Gasteiger partial charge in [-0.25, -0.2) is 4.79 Å². The van der Waals surface area contributed by atoms with E-state index < -0.39 is 36.4 Å². The summed E-state index contributed by atoms with van der Waals surface area (Å²) in [5.74, 6) is -0.922. The second kappa shape index (κ2) is 9.78. The van der Waals surface area contributed by atoms with Crippen LogP contribution < -0.4 is 0 Å².